The fourth-order valence-electron chi connectivity index (χ4n) is 2.89. The minimum absolute atomic E-state index is 0.00340. The molecule has 0 heterocycles. The molecule has 0 aromatic heterocycles. The summed E-state index contributed by atoms with van der Waals surface area (Å²) in [7, 11) is 1.70. The second kappa shape index (κ2) is 6.11. The van der Waals surface area contributed by atoms with Crippen LogP contribution in [0.5, 0.6) is 5.75 Å². The van der Waals surface area contributed by atoms with Crippen molar-refractivity contribution in [3.8, 4) is 16.9 Å². The third-order valence-corrected chi connectivity index (χ3v) is 4.29. The van der Waals surface area contributed by atoms with Gasteiger partial charge in [0.25, 0.3) is 0 Å². The molecule has 2 aromatic carbocycles. The molecule has 0 aliphatic rings. The molecule has 0 amide bonds. The summed E-state index contributed by atoms with van der Waals surface area (Å²) in [6, 6.07) is 8.52. The maximum absolute atomic E-state index is 6.17. The Balaban J connectivity index is 2.83. The number of anilines is 1. The zero-order chi connectivity index (χ0) is 17.4. The number of ether oxygens (including phenoxy) is 1. The van der Waals surface area contributed by atoms with E-state index in [-0.39, 0.29) is 5.41 Å². The van der Waals surface area contributed by atoms with Crippen LogP contribution in [-0.4, -0.2) is 7.11 Å². The predicted molar refractivity (Wildman–Crippen MR) is 101 cm³/mol. The van der Waals surface area contributed by atoms with Crippen molar-refractivity contribution in [3.63, 3.8) is 0 Å². The summed E-state index contributed by atoms with van der Waals surface area (Å²) in [5.74, 6) is 0.883. The van der Waals surface area contributed by atoms with E-state index in [0.29, 0.717) is 0 Å². The Morgan fingerprint density at radius 2 is 1.61 bits per heavy atom. The fourth-order valence-corrected chi connectivity index (χ4v) is 2.89. The average molecular weight is 309 g/mol. The van der Waals surface area contributed by atoms with Gasteiger partial charge < -0.3 is 10.5 Å². The SMILES string of the molecule is C=Cc1cc(OC)c(C)cc1-c1cc(C)c(N)cc1C(C)(C)C. The topological polar surface area (TPSA) is 35.2 Å². The third kappa shape index (κ3) is 3.26. The molecule has 0 unspecified atom stereocenters. The molecule has 0 saturated heterocycles. The molecule has 0 aliphatic carbocycles. The summed E-state index contributed by atoms with van der Waals surface area (Å²) in [4.78, 5) is 0. The summed E-state index contributed by atoms with van der Waals surface area (Å²) >= 11 is 0. The number of hydrogen-bond acceptors (Lipinski definition) is 2. The van der Waals surface area contributed by atoms with Crippen LogP contribution in [0.3, 0.4) is 0 Å². The molecule has 2 rings (SSSR count). The molecule has 2 aromatic rings. The Bertz CT molecular complexity index is 751. The molecule has 0 saturated carbocycles. The molecule has 2 nitrogen and oxygen atoms in total. The molecule has 122 valence electrons. The van der Waals surface area contributed by atoms with Crippen molar-refractivity contribution in [2.24, 2.45) is 0 Å². The summed E-state index contributed by atoms with van der Waals surface area (Å²) in [6.45, 7) is 14.7. The van der Waals surface area contributed by atoms with E-state index in [1.807, 2.05) is 6.08 Å². The summed E-state index contributed by atoms with van der Waals surface area (Å²) in [6.07, 6.45) is 1.88. The van der Waals surface area contributed by atoms with E-state index in [0.717, 1.165) is 28.1 Å². The zero-order valence-corrected chi connectivity index (χ0v) is 15.1. The lowest BCUT2D eigenvalue weighted by Gasteiger charge is -2.26. The summed E-state index contributed by atoms with van der Waals surface area (Å²) in [5, 5.41) is 0. The highest BCUT2D eigenvalue weighted by molar-refractivity contribution is 5.81. The van der Waals surface area contributed by atoms with Gasteiger partial charge in [-0.3, -0.25) is 0 Å². The van der Waals surface area contributed by atoms with Crippen LogP contribution < -0.4 is 10.5 Å². The molecule has 0 aliphatic heterocycles. The van der Waals surface area contributed by atoms with Crippen LogP contribution >= 0.6 is 0 Å². The maximum Gasteiger partial charge on any atom is 0.122 e. The molecular formula is C21H27NO. The van der Waals surface area contributed by atoms with E-state index in [4.69, 9.17) is 10.5 Å². The summed E-state index contributed by atoms with van der Waals surface area (Å²) < 4.78 is 5.45. The van der Waals surface area contributed by atoms with E-state index in [1.54, 1.807) is 7.11 Å². The maximum atomic E-state index is 6.17. The van der Waals surface area contributed by atoms with Gasteiger partial charge in [0, 0.05) is 5.69 Å². The second-order valence-electron chi connectivity index (χ2n) is 7.12. The predicted octanol–water partition coefficient (Wildman–Crippen LogP) is 5.50. The number of methoxy groups -OCH3 is 1. The van der Waals surface area contributed by atoms with Crippen molar-refractivity contribution >= 4 is 11.8 Å². The van der Waals surface area contributed by atoms with Gasteiger partial charge >= 0.3 is 0 Å². The number of hydrogen-bond donors (Lipinski definition) is 1. The van der Waals surface area contributed by atoms with Gasteiger partial charge in [0.15, 0.2) is 0 Å². The van der Waals surface area contributed by atoms with Gasteiger partial charge in [0.2, 0.25) is 0 Å². The van der Waals surface area contributed by atoms with Crippen molar-refractivity contribution in [2.75, 3.05) is 12.8 Å². The first-order valence-corrected chi connectivity index (χ1v) is 7.91. The molecule has 0 bridgehead atoms. The van der Waals surface area contributed by atoms with Crippen molar-refractivity contribution in [1.29, 1.82) is 0 Å². The van der Waals surface area contributed by atoms with Crippen LogP contribution in [0, 0.1) is 13.8 Å². The lowest BCUT2D eigenvalue weighted by molar-refractivity contribution is 0.411. The van der Waals surface area contributed by atoms with Crippen molar-refractivity contribution < 1.29 is 4.74 Å². The Morgan fingerprint density at radius 3 is 2.13 bits per heavy atom. The third-order valence-electron chi connectivity index (χ3n) is 4.29. The van der Waals surface area contributed by atoms with Crippen LogP contribution in [0.1, 0.15) is 43.0 Å². The molecule has 0 fully saturated rings. The van der Waals surface area contributed by atoms with E-state index >= 15 is 0 Å². The monoisotopic (exact) mass is 309 g/mol. The molecule has 2 heteroatoms. The van der Waals surface area contributed by atoms with Gasteiger partial charge in [-0.05, 0) is 76.9 Å². The standard InChI is InChI=1S/C21H27NO/c1-8-15-11-20(23-7)14(3)10-16(15)17-9-13(2)19(22)12-18(17)21(4,5)6/h8-12H,1,22H2,2-7H3. The van der Waals surface area contributed by atoms with Crippen molar-refractivity contribution in [1.82, 2.24) is 0 Å². The lowest BCUT2D eigenvalue weighted by Crippen LogP contribution is -2.14. The van der Waals surface area contributed by atoms with Crippen LogP contribution in [0.4, 0.5) is 5.69 Å². The highest BCUT2D eigenvalue weighted by atomic mass is 16.5. The van der Waals surface area contributed by atoms with Gasteiger partial charge in [-0.1, -0.05) is 33.4 Å². The Kier molecular flexibility index (Phi) is 4.56. The van der Waals surface area contributed by atoms with E-state index < -0.39 is 0 Å². The van der Waals surface area contributed by atoms with Gasteiger partial charge in [0.05, 0.1) is 7.11 Å². The van der Waals surface area contributed by atoms with E-state index in [2.05, 4.69) is 65.5 Å². The van der Waals surface area contributed by atoms with Crippen LogP contribution in [0.25, 0.3) is 17.2 Å². The average Bonchev–Trinajstić information content (AvgIpc) is 2.48. The molecule has 0 atom stereocenters. The smallest absolute Gasteiger partial charge is 0.122 e. The molecule has 2 N–H and O–H groups in total. The Labute approximate surface area is 140 Å². The normalized spacial score (nSPS) is 11.4. The van der Waals surface area contributed by atoms with Crippen LogP contribution in [0.2, 0.25) is 0 Å². The number of aryl methyl sites for hydroxylation is 2. The number of benzene rings is 2. The fraction of sp³-hybridized carbons (Fsp3) is 0.333. The number of nitrogens with two attached hydrogens (primary N) is 1. The van der Waals surface area contributed by atoms with Crippen molar-refractivity contribution in [2.45, 2.75) is 40.0 Å². The largest absolute Gasteiger partial charge is 0.496 e. The Morgan fingerprint density at radius 1 is 1.00 bits per heavy atom. The first-order chi connectivity index (χ1) is 10.7. The van der Waals surface area contributed by atoms with Gasteiger partial charge in [-0.15, -0.1) is 0 Å². The first-order valence-electron chi connectivity index (χ1n) is 7.91. The molecule has 23 heavy (non-hydrogen) atoms. The van der Waals surface area contributed by atoms with Crippen molar-refractivity contribution in [3.05, 3.63) is 53.1 Å². The Hall–Kier alpha value is -2.22. The molecule has 0 radical (unpaired) electrons. The number of nitrogen functional groups attached to an aromatic ring is 1. The summed E-state index contributed by atoms with van der Waals surface area (Å²) in [5.41, 5.74) is 13.9. The quantitative estimate of drug-likeness (QED) is 0.760. The van der Waals surface area contributed by atoms with Gasteiger partial charge in [-0.25, -0.2) is 0 Å². The highest BCUT2D eigenvalue weighted by Crippen LogP contribution is 2.39. The minimum Gasteiger partial charge on any atom is -0.496 e. The zero-order valence-electron chi connectivity index (χ0n) is 15.1. The number of rotatable bonds is 3. The minimum atomic E-state index is 0.00340. The van der Waals surface area contributed by atoms with Gasteiger partial charge in [0.1, 0.15) is 5.75 Å². The van der Waals surface area contributed by atoms with Crippen LogP contribution in [-0.2, 0) is 5.41 Å². The van der Waals surface area contributed by atoms with E-state index in [1.165, 1.54) is 16.7 Å². The van der Waals surface area contributed by atoms with E-state index in [9.17, 15) is 0 Å². The molecule has 0 spiro atoms. The highest BCUT2D eigenvalue weighted by Gasteiger charge is 2.21. The lowest BCUT2D eigenvalue weighted by atomic mass is 9.79. The first kappa shape index (κ1) is 17.1. The second-order valence-corrected chi connectivity index (χ2v) is 7.12. The van der Waals surface area contributed by atoms with Gasteiger partial charge in [-0.2, -0.15) is 0 Å². The molecular weight excluding hydrogens is 282 g/mol. The van der Waals surface area contributed by atoms with Crippen LogP contribution in [0.15, 0.2) is 30.8 Å².